The van der Waals surface area contributed by atoms with E-state index in [-0.39, 0.29) is 17.3 Å². The molecule has 1 aliphatic heterocycles. The smallest absolute Gasteiger partial charge is 0.292 e. The van der Waals surface area contributed by atoms with Crippen LogP contribution in [-0.4, -0.2) is 44.3 Å². The molecular weight excluding hydrogens is 478 g/mol. The summed E-state index contributed by atoms with van der Waals surface area (Å²) in [6, 6.07) is 7.57. The number of rotatable bonds is 7. The topological polar surface area (TPSA) is 141 Å². The molecule has 0 unspecified atom stereocenters. The Morgan fingerprint density at radius 3 is 2.81 bits per heavy atom. The maximum atomic E-state index is 13.0. The molecular formula is C20H25BrN9O2+. The van der Waals surface area contributed by atoms with E-state index in [9.17, 15) is 4.79 Å². The summed E-state index contributed by atoms with van der Waals surface area (Å²) in [6.07, 6.45) is 2.25. The average molecular weight is 503 g/mol. The minimum absolute atomic E-state index is 0.0755. The molecule has 0 bridgehead atoms. The molecule has 0 spiro atoms. The Balaban J connectivity index is 1.54. The first-order chi connectivity index (χ1) is 15.4. The Hall–Kier alpha value is -3.25. The highest BCUT2D eigenvalue weighted by Crippen LogP contribution is 2.17. The normalized spacial score (nSPS) is 18.3. The van der Waals surface area contributed by atoms with E-state index in [1.165, 1.54) is 9.58 Å². The molecule has 0 saturated carbocycles. The molecule has 3 heterocycles. The average Bonchev–Trinajstić information content (AvgIpc) is 3.39. The van der Waals surface area contributed by atoms with E-state index in [1.54, 1.807) is 0 Å². The standard InChI is InChI=1S/C20H24BrN9O2/c1-12-6-8-29(9-7-12)11-16-17(24-28-30(16)19-18(22)26-32-27-19)20(31)25-23-13(2)14-4-3-5-15(21)10-14/h3-5,10,12,23H,2,6-9,11H2,1H3,(H2,22,26)(H,25,31)/p+1. The van der Waals surface area contributed by atoms with Crippen LogP contribution in [-0.2, 0) is 6.54 Å². The highest BCUT2D eigenvalue weighted by atomic mass is 79.9. The van der Waals surface area contributed by atoms with Gasteiger partial charge in [-0.05, 0) is 46.8 Å². The van der Waals surface area contributed by atoms with Crippen molar-refractivity contribution < 1.29 is 14.3 Å². The fourth-order valence-electron chi connectivity index (χ4n) is 3.67. The van der Waals surface area contributed by atoms with Crippen LogP contribution in [0.2, 0.25) is 0 Å². The summed E-state index contributed by atoms with van der Waals surface area (Å²) in [5, 5.41) is 15.6. The molecule has 0 radical (unpaired) electrons. The van der Waals surface area contributed by atoms with Gasteiger partial charge in [0.15, 0.2) is 5.69 Å². The van der Waals surface area contributed by atoms with Crippen molar-refractivity contribution in [2.75, 3.05) is 18.8 Å². The molecule has 3 aromatic rings. The van der Waals surface area contributed by atoms with Crippen LogP contribution in [0.5, 0.6) is 0 Å². The van der Waals surface area contributed by atoms with Crippen LogP contribution in [0, 0.1) is 5.92 Å². The Morgan fingerprint density at radius 2 is 2.12 bits per heavy atom. The second kappa shape index (κ2) is 9.49. The molecule has 5 N–H and O–H groups in total. The number of amides is 1. The minimum atomic E-state index is -0.442. The summed E-state index contributed by atoms with van der Waals surface area (Å²) in [7, 11) is 0. The van der Waals surface area contributed by atoms with Crippen LogP contribution in [0.3, 0.4) is 0 Å². The molecule has 1 aliphatic rings. The third-order valence-corrected chi connectivity index (χ3v) is 6.07. The van der Waals surface area contributed by atoms with E-state index in [1.807, 2.05) is 24.3 Å². The van der Waals surface area contributed by atoms with Crippen molar-refractivity contribution in [3.8, 4) is 5.82 Å². The molecule has 0 atom stereocenters. The molecule has 0 aliphatic carbocycles. The van der Waals surface area contributed by atoms with Gasteiger partial charge in [0.25, 0.3) is 5.91 Å². The number of nitrogen functional groups attached to an aromatic ring is 1. The highest BCUT2D eigenvalue weighted by molar-refractivity contribution is 9.10. The number of quaternary nitrogens is 1. The Bertz CT molecular complexity index is 1120. The summed E-state index contributed by atoms with van der Waals surface area (Å²) >= 11 is 3.43. The lowest BCUT2D eigenvalue weighted by Crippen LogP contribution is -3.11. The number of anilines is 1. The van der Waals surface area contributed by atoms with Crippen LogP contribution in [0.15, 0.2) is 39.9 Å². The number of hydrazine groups is 1. The first kappa shape index (κ1) is 22.0. The van der Waals surface area contributed by atoms with Crippen molar-refractivity contribution >= 4 is 33.4 Å². The second-order valence-electron chi connectivity index (χ2n) is 7.95. The van der Waals surface area contributed by atoms with Gasteiger partial charge in [-0.2, -0.15) is 4.68 Å². The quantitative estimate of drug-likeness (QED) is 0.346. The monoisotopic (exact) mass is 502 g/mol. The maximum absolute atomic E-state index is 13.0. The zero-order valence-electron chi connectivity index (χ0n) is 17.6. The summed E-state index contributed by atoms with van der Waals surface area (Å²) in [5.74, 6) is 0.546. The number of hydrogen-bond donors (Lipinski definition) is 4. The lowest BCUT2D eigenvalue weighted by atomic mass is 9.99. The van der Waals surface area contributed by atoms with Crippen molar-refractivity contribution in [3.63, 3.8) is 0 Å². The first-order valence-electron chi connectivity index (χ1n) is 10.3. The van der Waals surface area contributed by atoms with E-state index in [0.29, 0.717) is 23.9 Å². The summed E-state index contributed by atoms with van der Waals surface area (Å²) in [4.78, 5) is 14.3. The highest BCUT2D eigenvalue weighted by Gasteiger charge is 2.29. The fourth-order valence-corrected chi connectivity index (χ4v) is 4.07. The molecule has 1 amide bonds. The fraction of sp³-hybridized carbons (Fsp3) is 0.350. The van der Waals surface area contributed by atoms with Crippen molar-refractivity contribution in [1.29, 1.82) is 0 Å². The van der Waals surface area contributed by atoms with Gasteiger partial charge in [0.05, 0.1) is 18.8 Å². The number of halogens is 1. The minimum Gasteiger partial charge on any atom is -0.378 e. The summed E-state index contributed by atoms with van der Waals surface area (Å²) in [5.41, 5.74) is 13.5. The molecule has 11 nitrogen and oxygen atoms in total. The van der Waals surface area contributed by atoms with Gasteiger partial charge in [-0.15, -0.1) is 5.10 Å². The first-order valence-corrected chi connectivity index (χ1v) is 11.1. The number of benzene rings is 1. The van der Waals surface area contributed by atoms with E-state index in [4.69, 9.17) is 10.4 Å². The third-order valence-electron chi connectivity index (χ3n) is 5.57. The zero-order chi connectivity index (χ0) is 22.7. The number of nitrogens with zero attached hydrogens (tertiary/aromatic N) is 5. The number of piperidine rings is 1. The van der Waals surface area contributed by atoms with Gasteiger partial charge in [-0.3, -0.25) is 15.6 Å². The molecule has 12 heteroatoms. The van der Waals surface area contributed by atoms with Gasteiger partial charge in [0, 0.05) is 4.47 Å². The molecule has 168 valence electrons. The Labute approximate surface area is 193 Å². The maximum Gasteiger partial charge on any atom is 0.292 e. The largest absolute Gasteiger partial charge is 0.378 e. The second-order valence-corrected chi connectivity index (χ2v) is 8.86. The zero-order valence-corrected chi connectivity index (χ0v) is 19.2. The van der Waals surface area contributed by atoms with Gasteiger partial charge in [-0.25, -0.2) is 4.63 Å². The van der Waals surface area contributed by atoms with E-state index in [2.05, 4.69) is 60.9 Å². The molecule has 32 heavy (non-hydrogen) atoms. The number of nitrogens with two attached hydrogens (primary N) is 1. The summed E-state index contributed by atoms with van der Waals surface area (Å²) in [6.45, 7) is 8.77. The van der Waals surface area contributed by atoms with Gasteiger partial charge in [0.1, 0.15) is 12.2 Å². The van der Waals surface area contributed by atoms with Crippen molar-refractivity contribution in [2.45, 2.75) is 26.3 Å². The number of carbonyl (C=O) groups is 1. The summed E-state index contributed by atoms with van der Waals surface area (Å²) < 4.78 is 7.05. The van der Waals surface area contributed by atoms with E-state index >= 15 is 0 Å². The predicted molar refractivity (Wildman–Crippen MR) is 120 cm³/mol. The number of hydrogen-bond acceptors (Lipinski definition) is 8. The van der Waals surface area contributed by atoms with Crippen LogP contribution < -0.4 is 21.5 Å². The van der Waals surface area contributed by atoms with Gasteiger partial charge in [0.2, 0.25) is 11.6 Å². The Morgan fingerprint density at radius 1 is 1.34 bits per heavy atom. The SMILES string of the molecule is C=C(NNC(=O)c1nnn(-c2nonc2N)c1C[NH+]1CCC(C)CC1)c1cccc(Br)c1. The molecule has 4 rings (SSSR count). The lowest BCUT2D eigenvalue weighted by Gasteiger charge is -2.27. The molecule has 1 aromatic carbocycles. The molecule has 1 saturated heterocycles. The Kier molecular flexibility index (Phi) is 6.51. The van der Waals surface area contributed by atoms with Crippen LogP contribution >= 0.6 is 15.9 Å². The third kappa shape index (κ3) is 4.81. The van der Waals surface area contributed by atoms with Gasteiger partial charge in [-0.1, -0.05) is 46.8 Å². The molecule has 1 fully saturated rings. The van der Waals surface area contributed by atoms with Gasteiger partial charge < -0.3 is 10.6 Å². The number of aromatic nitrogens is 5. The van der Waals surface area contributed by atoms with Crippen molar-refractivity contribution in [3.05, 3.63) is 52.3 Å². The van der Waals surface area contributed by atoms with Crippen LogP contribution in [0.25, 0.3) is 11.5 Å². The van der Waals surface area contributed by atoms with E-state index in [0.717, 1.165) is 36.0 Å². The van der Waals surface area contributed by atoms with Crippen molar-refractivity contribution in [1.82, 2.24) is 36.2 Å². The van der Waals surface area contributed by atoms with Crippen LogP contribution in [0.4, 0.5) is 5.82 Å². The number of carbonyl (C=O) groups excluding carboxylic acids is 1. The van der Waals surface area contributed by atoms with Gasteiger partial charge >= 0.3 is 0 Å². The van der Waals surface area contributed by atoms with Crippen LogP contribution in [0.1, 0.15) is 41.5 Å². The number of nitrogens with one attached hydrogen (secondary N) is 3. The lowest BCUT2D eigenvalue weighted by molar-refractivity contribution is -0.920. The van der Waals surface area contributed by atoms with Crippen molar-refractivity contribution in [2.24, 2.45) is 5.92 Å². The van der Waals surface area contributed by atoms with E-state index < -0.39 is 5.91 Å². The number of likely N-dealkylation sites (tertiary alicyclic amines) is 1. The predicted octanol–water partition coefficient (Wildman–Crippen LogP) is 0.715. The molecule has 2 aromatic heterocycles.